The van der Waals surface area contributed by atoms with Crippen molar-refractivity contribution in [3.63, 3.8) is 0 Å². The monoisotopic (exact) mass is 1130 g/mol. The Labute approximate surface area is 477 Å². The zero-order chi connectivity index (χ0) is 57.8. The Bertz CT molecular complexity index is 2920. The van der Waals surface area contributed by atoms with Gasteiger partial charge in [-0.3, -0.25) is 9.59 Å². The molecule has 2 aliphatic carbocycles. The van der Waals surface area contributed by atoms with E-state index in [0.717, 1.165) is 49.1 Å². The van der Waals surface area contributed by atoms with Crippen LogP contribution in [0.1, 0.15) is 132 Å². The van der Waals surface area contributed by atoms with E-state index in [0.29, 0.717) is 70.0 Å². The summed E-state index contributed by atoms with van der Waals surface area (Å²) in [5.74, 6) is -1.04. The van der Waals surface area contributed by atoms with Crippen LogP contribution in [0.5, 0.6) is 0 Å². The molecule has 7 rings (SSSR count). The number of rotatable bonds is 24. The van der Waals surface area contributed by atoms with E-state index in [1.165, 1.54) is 23.9 Å². The molecule has 2 fully saturated rings. The molecule has 18 heteroatoms. The number of nitrogens with zero attached hydrogens (tertiary/aromatic N) is 1. The molecule has 4 aromatic rings. The van der Waals surface area contributed by atoms with Gasteiger partial charge >= 0.3 is 17.9 Å². The van der Waals surface area contributed by atoms with Crippen molar-refractivity contribution in [2.24, 2.45) is 40.5 Å². The van der Waals surface area contributed by atoms with Gasteiger partial charge in [-0.25, -0.2) is 29.2 Å². The summed E-state index contributed by atoms with van der Waals surface area (Å²) in [5.41, 5.74) is 3.38. The molecule has 428 valence electrons. The molecule has 1 aromatic heterocycles. The lowest BCUT2D eigenvalue weighted by Gasteiger charge is -2.37. The maximum absolute atomic E-state index is 15.1. The summed E-state index contributed by atoms with van der Waals surface area (Å²) < 4.78 is 17.4. The van der Waals surface area contributed by atoms with Crippen LogP contribution in [0, 0.1) is 35.5 Å². The summed E-state index contributed by atoms with van der Waals surface area (Å²) in [6.07, 6.45) is 5.59. The summed E-state index contributed by atoms with van der Waals surface area (Å²) >= 11 is 2.44. The first-order valence-electron chi connectivity index (χ1n) is 27.5. The number of thioether (sulfide) groups is 2. The Hall–Kier alpha value is -6.44. The molecule has 2 amide bonds. The Kier molecular flexibility index (Phi) is 21.7. The van der Waals surface area contributed by atoms with E-state index in [2.05, 4.69) is 63.7 Å². The van der Waals surface area contributed by atoms with Crippen LogP contribution in [0.2, 0.25) is 0 Å². The molecule has 3 aromatic carbocycles. The van der Waals surface area contributed by atoms with Gasteiger partial charge in [0.2, 0.25) is 11.8 Å². The number of carboxylic acids is 2. The number of carbonyl (C=O) groups excluding carboxylic acids is 3. The number of amidine groups is 1. The number of aromatic carboxylic acids is 2. The zero-order valence-corrected chi connectivity index (χ0v) is 48.8. The number of benzene rings is 3. The third-order valence-electron chi connectivity index (χ3n) is 14.8. The lowest BCUT2D eigenvalue weighted by Crippen LogP contribution is -2.41. The van der Waals surface area contributed by atoms with E-state index in [-0.39, 0.29) is 82.3 Å². The fourth-order valence-corrected chi connectivity index (χ4v) is 13.1. The Balaban J connectivity index is 1.33. The number of amides is 2. The third kappa shape index (κ3) is 15.9. The van der Waals surface area contributed by atoms with Crippen LogP contribution in [-0.4, -0.2) is 92.6 Å². The topological polar surface area (TPSA) is 224 Å². The van der Waals surface area contributed by atoms with Crippen molar-refractivity contribution < 1.29 is 58.2 Å². The van der Waals surface area contributed by atoms with Crippen molar-refractivity contribution in [3.05, 3.63) is 130 Å². The SMILES string of the molecule is C=C(C)OCOCCCSC(C)C(=O)NC1=N/C(=C\c2[nH]c(NC(=O)C(C)Sc3cc(C(=O)O)cc(C(=O)O)c3)c(COOC3C(C)CC(C)CC3C)c2-c2ccccc2)C(c2ccccc2)=C1C(=O)OC1C(C)CC(C)CC1C. The first-order valence-corrected chi connectivity index (χ1v) is 29.4. The van der Waals surface area contributed by atoms with Crippen molar-refractivity contribution in [3.8, 4) is 11.1 Å². The smallest absolute Gasteiger partial charge is 0.342 e. The molecular weight excluding hydrogens is 1060 g/mol. The number of nitrogens with one attached hydrogen (secondary N) is 3. The Morgan fingerprint density at radius 3 is 1.91 bits per heavy atom. The number of aromatic nitrogens is 1. The van der Waals surface area contributed by atoms with Gasteiger partial charge in [-0.05, 0) is 130 Å². The second-order valence-electron chi connectivity index (χ2n) is 21.8. The summed E-state index contributed by atoms with van der Waals surface area (Å²) in [7, 11) is 0. The average molecular weight is 1130 g/mol. The fraction of sp³-hybridized carbons (Fsp3) is 0.452. The average Bonchev–Trinajstić information content (AvgIpc) is 4.09. The first-order chi connectivity index (χ1) is 38.2. The predicted molar refractivity (Wildman–Crippen MR) is 314 cm³/mol. The van der Waals surface area contributed by atoms with Crippen molar-refractivity contribution in [1.29, 1.82) is 0 Å². The van der Waals surface area contributed by atoms with Gasteiger partial charge in [-0.2, -0.15) is 0 Å². The van der Waals surface area contributed by atoms with Crippen LogP contribution in [0.4, 0.5) is 5.82 Å². The normalized spacial score (nSPS) is 23.2. The van der Waals surface area contributed by atoms with Gasteiger partial charge in [-0.1, -0.05) is 109 Å². The Morgan fingerprint density at radius 1 is 0.775 bits per heavy atom. The molecule has 1 aliphatic heterocycles. The lowest BCUT2D eigenvalue weighted by molar-refractivity contribution is -0.354. The highest BCUT2D eigenvalue weighted by atomic mass is 32.2. The number of aromatic amines is 1. The minimum atomic E-state index is -1.31. The molecule has 0 bridgehead atoms. The molecule has 2 saturated carbocycles. The van der Waals surface area contributed by atoms with Gasteiger partial charge in [0.25, 0.3) is 0 Å². The number of esters is 1. The number of hydrogen-bond acceptors (Lipinski definition) is 13. The maximum Gasteiger partial charge on any atom is 0.342 e. The minimum absolute atomic E-state index is 0.0366. The summed E-state index contributed by atoms with van der Waals surface area (Å²) in [5, 5.41) is 24.3. The summed E-state index contributed by atoms with van der Waals surface area (Å²) in [4.78, 5) is 89.3. The highest BCUT2D eigenvalue weighted by Crippen LogP contribution is 2.43. The minimum Gasteiger partial charge on any atom is -0.478 e. The predicted octanol–water partition coefficient (Wildman–Crippen LogP) is 12.7. The highest BCUT2D eigenvalue weighted by Gasteiger charge is 2.40. The van der Waals surface area contributed by atoms with Crippen molar-refractivity contribution in [2.45, 2.75) is 129 Å². The summed E-state index contributed by atoms with van der Waals surface area (Å²) in [6, 6.07) is 22.6. The molecule has 0 saturated heterocycles. The molecule has 0 radical (unpaired) electrons. The molecule has 0 spiro atoms. The van der Waals surface area contributed by atoms with Gasteiger partial charge in [0.1, 0.15) is 29.9 Å². The van der Waals surface area contributed by atoms with Crippen molar-refractivity contribution in [1.82, 2.24) is 10.3 Å². The van der Waals surface area contributed by atoms with E-state index in [4.69, 9.17) is 29.0 Å². The number of carboxylic acid groups (broad SMARTS) is 2. The number of aliphatic imine (C=N–C) groups is 1. The van der Waals surface area contributed by atoms with E-state index >= 15 is 4.79 Å². The maximum atomic E-state index is 15.1. The van der Waals surface area contributed by atoms with Gasteiger partial charge in [0, 0.05) is 21.6 Å². The number of ether oxygens (including phenoxy) is 3. The van der Waals surface area contributed by atoms with Crippen LogP contribution < -0.4 is 10.6 Å². The highest BCUT2D eigenvalue weighted by molar-refractivity contribution is 8.00. The fourth-order valence-electron chi connectivity index (χ4n) is 11.2. The van der Waals surface area contributed by atoms with Crippen LogP contribution in [0.3, 0.4) is 0 Å². The number of carbonyl (C=O) groups is 5. The van der Waals surface area contributed by atoms with Crippen molar-refractivity contribution in [2.75, 3.05) is 24.5 Å². The second-order valence-corrected chi connectivity index (χ2v) is 24.7. The molecule has 5 N–H and O–H groups in total. The second kappa shape index (κ2) is 28.3. The molecular formula is C62H76N4O12S2. The number of anilines is 1. The lowest BCUT2D eigenvalue weighted by atomic mass is 9.75. The van der Waals surface area contributed by atoms with Gasteiger partial charge < -0.3 is 40.0 Å². The molecule has 80 heavy (non-hydrogen) atoms. The quantitative estimate of drug-likeness (QED) is 0.00837. The van der Waals surface area contributed by atoms with Gasteiger partial charge in [-0.15, -0.1) is 23.5 Å². The van der Waals surface area contributed by atoms with E-state index in [1.807, 2.05) is 60.7 Å². The standard InChI is InChI=1S/C62H76N4O12S2/c1-34(2)75-33-74-22-17-23-79-41(9)58(67)66-57-53(62(73)77-54-37(5)24-35(3)25-38(54)6)52(44-20-15-12-16-21-44)50(64-57)31-49-51(43-18-13-11-14-19-43)48(32-76-78-55-39(7)26-36(4)27-40(55)8)56(63-49)65-59(68)42(10)80-47-29-45(60(69)70)28-46(30-47)61(71)72/h11-16,18-21,28-31,35-42,54-55,63H,1,17,22-27,32-33H2,2-10H3,(H,65,68)(H,69,70)(H,71,72)(H,64,66,67)/b50-31-. The van der Waals surface area contributed by atoms with Crippen LogP contribution in [0.15, 0.2) is 112 Å². The first kappa shape index (κ1) is 61.2. The zero-order valence-electron chi connectivity index (χ0n) is 47.2. The molecule has 3 aliphatic rings. The molecule has 6 atom stereocenters. The molecule has 2 heterocycles. The van der Waals surface area contributed by atoms with Crippen LogP contribution >= 0.6 is 23.5 Å². The van der Waals surface area contributed by atoms with E-state index in [1.54, 1.807) is 26.8 Å². The van der Waals surface area contributed by atoms with Crippen molar-refractivity contribution >= 4 is 76.5 Å². The molecule has 16 nitrogen and oxygen atoms in total. The largest absolute Gasteiger partial charge is 0.478 e. The summed E-state index contributed by atoms with van der Waals surface area (Å²) in [6.45, 7) is 22.3. The van der Waals surface area contributed by atoms with Crippen LogP contribution in [-0.2, 0) is 45.0 Å². The molecule has 6 unspecified atom stereocenters. The van der Waals surface area contributed by atoms with E-state index < -0.39 is 40.4 Å². The van der Waals surface area contributed by atoms with Crippen LogP contribution in [0.25, 0.3) is 22.8 Å². The number of H-pyrrole nitrogens is 1. The van der Waals surface area contributed by atoms with E-state index in [9.17, 15) is 29.4 Å². The van der Waals surface area contributed by atoms with Gasteiger partial charge in [0.05, 0.1) is 51.5 Å². The third-order valence-corrected chi connectivity index (χ3v) is 17.1. The Morgan fingerprint density at radius 2 is 1.34 bits per heavy atom. The van der Waals surface area contributed by atoms with Gasteiger partial charge in [0.15, 0.2) is 6.79 Å². The number of hydrogen-bond donors (Lipinski definition) is 5. The number of allylic oxidation sites excluding steroid dienone is 2.